The van der Waals surface area contributed by atoms with Crippen LogP contribution in [-0.4, -0.2) is 39.1 Å². The lowest BCUT2D eigenvalue weighted by atomic mass is 10.3. The van der Waals surface area contributed by atoms with Gasteiger partial charge in [0.25, 0.3) is 5.69 Å². The maximum Gasteiger partial charge on any atom is 0.407 e. The number of carbonyl (C=O) groups excluding carboxylic acids is 1. The van der Waals surface area contributed by atoms with Crippen LogP contribution in [0.3, 0.4) is 0 Å². The summed E-state index contributed by atoms with van der Waals surface area (Å²) < 4.78 is 30.6. The van der Waals surface area contributed by atoms with Crippen molar-refractivity contribution in [1.29, 1.82) is 0 Å². The summed E-state index contributed by atoms with van der Waals surface area (Å²) in [5, 5.41) is 12.9. The van der Waals surface area contributed by atoms with E-state index in [2.05, 4.69) is 14.8 Å². The van der Waals surface area contributed by atoms with Crippen molar-refractivity contribution < 1.29 is 22.9 Å². The van der Waals surface area contributed by atoms with Crippen LogP contribution >= 0.6 is 0 Å². The standard InChI is InChI=1S/C11H15N3O6S/c1-8(13-11(15)20-2)7-12-21(18,19)10-5-3-9(4-6-10)14(16)17/h3-6,8,12H,7H2,1-2H3,(H,13,15). The number of ether oxygens (including phenoxy) is 1. The van der Waals surface area contributed by atoms with Crippen molar-refractivity contribution >= 4 is 21.8 Å². The molecule has 0 aromatic heterocycles. The molecule has 1 atom stereocenters. The number of nitro groups is 1. The molecular formula is C11H15N3O6S. The molecule has 1 aromatic rings. The first-order chi connectivity index (χ1) is 9.76. The van der Waals surface area contributed by atoms with E-state index < -0.39 is 27.1 Å². The van der Waals surface area contributed by atoms with Gasteiger partial charge < -0.3 is 10.1 Å². The Morgan fingerprint density at radius 3 is 2.43 bits per heavy atom. The molecule has 0 radical (unpaired) electrons. The highest BCUT2D eigenvalue weighted by Crippen LogP contribution is 2.15. The maximum absolute atomic E-state index is 11.9. The fourth-order valence-corrected chi connectivity index (χ4v) is 2.51. The Morgan fingerprint density at radius 2 is 1.95 bits per heavy atom. The molecule has 0 spiro atoms. The Hall–Kier alpha value is -2.20. The van der Waals surface area contributed by atoms with E-state index in [0.717, 1.165) is 24.3 Å². The first-order valence-electron chi connectivity index (χ1n) is 5.85. The van der Waals surface area contributed by atoms with Crippen LogP contribution in [0.15, 0.2) is 29.2 Å². The Morgan fingerprint density at radius 1 is 1.38 bits per heavy atom. The second kappa shape index (κ2) is 6.99. The van der Waals surface area contributed by atoms with Crippen LogP contribution in [-0.2, 0) is 14.8 Å². The average molecular weight is 317 g/mol. The zero-order valence-corrected chi connectivity index (χ0v) is 12.2. The minimum atomic E-state index is -3.81. The number of nitrogens with zero attached hydrogens (tertiary/aromatic N) is 1. The number of non-ortho nitro benzene ring substituents is 1. The van der Waals surface area contributed by atoms with Crippen LogP contribution in [0.1, 0.15) is 6.92 Å². The summed E-state index contributed by atoms with van der Waals surface area (Å²) in [5.74, 6) is 0. The molecule has 1 aromatic carbocycles. The first kappa shape index (κ1) is 16.9. The first-order valence-corrected chi connectivity index (χ1v) is 7.33. The van der Waals surface area contributed by atoms with Gasteiger partial charge in [-0.3, -0.25) is 10.1 Å². The van der Waals surface area contributed by atoms with E-state index in [1.807, 2.05) is 0 Å². The highest BCUT2D eigenvalue weighted by molar-refractivity contribution is 7.89. The molecule has 0 aliphatic rings. The second-order valence-corrected chi connectivity index (χ2v) is 5.91. The predicted molar refractivity (Wildman–Crippen MR) is 73.3 cm³/mol. The van der Waals surface area contributed by atoms with Gasteiger partial charge in [0, 0.05) is 24.7 Å². The van der Waals surface area contributed by atoms with Crippen molar-refractivity contribution in [3.8, 4) is 0 Å². The Balaban J connectivity index is 2.69. The van der Waals surface area contributed by atoms with E-state index in [-0.39, 0.29) is 17.1 Å². The van der Waals surface area contributed by atoms with Crippen LogP contribution in [0.2, 0.25) is 0 Å². The van der Waals surface area contributed by atoms with Gasteiger partial charge in [-0.15, -0.1) is 0 Å². The number of benzene rings is 1. The highest BCUT2D eigenvalue weighted by Gasteiger charge is 2.17. The topological polar surface area (TPSA) is 128 Å². The monoisotopic (exact) mass is 317 g/mol. The number of rotatable bonds is 6. The third-order valence-corrected chi connectivity index (χ3v) is 3.93. The molecule has 0 heterocycles. The molecule has 0 saturated carbocycles. The molecule has 10 heteroatoms. The van der Waals surface area contributed by atoms with E-state index in [0.29, 0.717) is 0 Å². The van der Waals surface area contributed by atoms with E-state index in [9.17, 15) is 23.3 Å². The van der Waals surface area contributed by atoms with E-state index >= 15 is 0 Å². The lowest BCUT2D eigenvalue weighted by Gasteiger charge is -2.14. The summed E-state index contributed by atoms with van der Waals surface area (Å²) in [4.78, 5) is 20.7. The van der Waals surface area contributed by atoms with E-state index in [4.69, 9.17) is 0 Å². The molecule has 2 N–H and O–H groups in total. The zero-order chi connectivity index (χ0) is 16.0. The third-order valence-electron chi connectivity index (χ3n) is 2.49. The van der Waals surface area contributed by atoms with Crippen LogP contribution in [0.25, 0.3) is 0 Å². The zero-order valence-electron chi connectivity index (χ0n) is 11.4. The van der Waals surface area contributed by atoms with Crippen molar-refractivity contribution in [3.05, 3.63) is 34.4 Å². The maximum atomic E-state index is 11.9. The number of carbonyl (C=O) groups is 1. The molecule has 0 saturated heterocycles. The van der Waals surface area contributed by atoms with Crippen LogP contribution < -0.4 is 10.0 Å². The number of hydrogen-bond donors (Lipinski definition) is 2. The number of hydrogen-bond acceptors (Lipinski definition) is 6. The van der Waals surface area contributed by atoms with Gasteiger partial charge in [-0.05, 0) is 19.1 Å². The van der Waals surface area contributed by atoms with Crippen molar-refractivity contribution in [2.45, 2.75) is 17.9 Å². The molecule has 1 unspecified atom stereocenters. The summed E-state index contributed by atoms with van der Waals surface area (Å²) in [6.07, 6.45) is -0.669. The summed E-state index contributed by atoms with van der Waals surface area (Å²) in [5.41, 5.74) is -0.199. The van der Waals surface area contributed by atoms with E-state index in [1.54, 1.807) is 6.92 Å². The Bertz CT molecular complexity index is 613. The number of nitro benzene ring substituents is 1. The SMILES string of the molecule is COC(=O)NC(C)CNS(=O)(=O)c1ccc([N+](=O)[O-])cc1. The van der Waals surface area contributed by atoms with Gasteiger partial charge in [-0.25, -0.2) is 17.9 Å². The summed E-state index contributed by atoms with van der Waals surface area (Å²) in [6.45, 7) is 1.55. The number of nitrogens with one attached hydrogen (secondary N) is 2. The number of alkyl carbamates (subject to hydrolysis) is 1. The minimum absolute atomic E-state index is 0.0472. The predicted octanol–water partition coefficient (Wildman–Crippen LogP) is 0.618. The number of methoxy groups -OCH3 is 1. The molecular weight excluding hydrogens is 302 g/mol. The van der Waals surface area contributed by atoms with Gasteiger partial charge in [0.05, 0.1) is 16.9 Å². The van der Waals surface area contributed by atoms with E-state index in [1.165, 1.54) is 7.11 Å². The number of sulfonamides is 1. The molecule has 9 nitrogen and oxygen atoms in total. The molecule has 0 aliphatic heterocycles. The molecule has 21 heavy (non-hydrogen) atoms. The van der Waals surface area contributed by atoms with Crippen molar-refractivity contribution in [2.75, 3.05) is 13.7 Å². The fourth-order valence-electron chi connectivity index (χ4n) is 1.38. The largest absolute Gasteiger partial charge is 0.453 e. The highest BCUT2D eigenvalue weighted by atomic mass is 32.2. The van der Waals surface area contributed by atoms with Crippen LogP contribution in [0.4, 0.5) is 10.5 Å². The van der Waals surface area contributed by atoms with Crippen molar-refractivity contribution in [3.63, 3.8) is 0 Å². The second-order valence-electron chi connectivity index (χ2n) is 4.14. The third kappa shape index (κ3) is 5.00. The smallest absolute Gasteiger partial charge is 0.407 e. The van der Waals surface area contributed by atoms with Gasteiger partial charge in [0.2, 0.25) is 10.0 Å². The van der Waals surface area contributed by atoms with Gasteiger partial charge >= 0.3 is 6.09 Å². The Labute approximate surface area is 121 Å². The number of amides is 1. The Kier molecular flexibility index (Phi) is 5.61. The average Bonchev–Trinajstić information content (AvgIpc) is 2.45. The molecule has 1 amide bonds. The minimum Gasteiger partial charge on any atom is -0.453 e. The summed E-state index contributed by atoms with van der Waals surface area (Å²) >= 11 is 0. The van der Waals surface area contributed by atoms with Gasteiger partial charge in [-0.1, -0.05) is 0 Å². The summed E-state index contributed by atoms with van der Waals surface area (Å²) in [7, 11) is -2.61. The van der Waals surface area contributed by atoms with Crippen molar-refractivity contribution in [2.24, 2.45) is 0 Å². The fraction of sp³-hybridized carbons (Fsp3) is 0.364. The lowest BCUT2D eigenvalue weighted by Crippen LogP contribution is -2.41. The normalized spacial score (nSPS) is 12.5. The molecule has 116 valence electrons. The lowest BCUT2D eigenvalue weighted by molar-refractivity contribution is -0.384. The molecule has 0 fully saturated rings. The van der Waals surface area contributed by atoms with Gasteiger partial charge in [0.1, 0.15) is 0 Å². The van der Waals surface area contributed by atoms with Crippen LogP contribution in [0.5, 0.6) is 0 Å². The molecule has 0 aliphatic carbocycles. The molecule has 1 rings (SSSR count). The van der Waals surface area contributed by atoms with Gasteiger partial charge in [0.15, 0.2) is 0 Å². The summed E-state index contributed by atoms with van der Waals surface area (Å²) in [6, 6.07) is 4.00. The quantitative estimate of drug-likeness (QED) is 0.584. The molecule has 0 bridgehead atoms. The van der Waals surface area contributed by atoms with Crippen LogP contribution in [0, 0.1) is 10.1 Å². The van der Waals surface area contributed by atoms with Gasteiger partial charge in [-0.2, -0.15) is 0 Å². The van der Waals surface area contributed by atoms with Crippen molar-refractivity contribution in [1.82, 2.24) is 10.0 Å².